The van der Waals surface area contributed by atoms with Gasteiger partial charge in [-0.3, -0.25) is 0 Å². The van der Waals surface area contributed by atoms with E-state index in [1.165, 1.54) is 51.4 Å². The maximum atomic E-state index is 15.6. The van der Waals surface area contributed by atoms with Crippen LogP contribution in [0.15, 0.2) is 30.4 Å². The number of benzene rings is 2. The molecule has 2 unspecified atom stereocenters. The molecule has 2 aliphatic carbocycles. The summed E-state index contributed by atoms with van der Waals surface area (Å²) in [6.07, 6.45) is 18.6. The van der Waals surface area contributed by atoms with Crippen LogP contribution in [0, 0.1) is 35.2 Å². The SMILES string of the molecule is C/C=C/CCc1cc2ccc([C@@H]3CC[C@@H]4CC(CCCCCC)CCC4C3)c(F)c2c(F)c1F. The topological polar surface area (TPSA) is 0 Å². The summed E-state index contributed by atoms with van der Waals surface area (Å²) >= 11 is 0. The Labute approximate surface area is 204 Å². The van der Waals surface area contributed by atoms with Crippen molar-refractivity contribution in [3.8, 4) is 0 Å². The van der Waals surface area contributed by atoms with E-state index in [4.69, 9.17) is 0 Å². The van der Waals surface area contributed by atoms with Crippen molar-refractivity contribution in [1.82, 2.24) is 0 Å². The van der Waals surface area contributed by atoms with Crippen LogP contribution in [0.1, 0.15) is 108 Å². The van der Waals surface area contributed by atoms with Gasteiger partial charge in [-0.2, -0.15) is 0 Å². The lowest BCUT2D eigenvalue weighted by Gasteiger charge is -2.42. The standard InChI is InChI=1S/C31H41F3/c1-3-5-7-9-10-21-12-13-23-19-24(15-14-22(23)18-21)27-17-16-25-20-26(11-8-6-4-2)29(32)31(34)28(25)30(27)33/h4,6,16-17,20-24H,3,5,7-15,18-19H2,1-2H3/b6-4+/t21?,22-,23?,24-/m1/s1. The van der Waals surface area contributed by atoms with Crippen LogP contribution in [0.5, 0.6) is 0 Å². The molecule has 2 aromatic carbocycles. The molecule has 34 heavy (non-hydrogen) atoms. The van der Waals surface area contributed by atoms with Crippen LogP contribution in [0.4, 0.5) is 13.2 Å². The fraction of sp³-hybridized carbons (Fsp3) is 0.613. The molecule has 0 radical (unpaired) electrons. The van der Waals surface area contributed by atoms with Gasteiger partial charge < -0.3 is 0 Å². The smallest absolute Gasteiger partial charge is 0.169 e. The number of hydrogen-bond donors (Lipinski definition) is 0. The van der Waals surface area contributed by atoms with Crippen molar-refractivity contribution in [3.63, 3.8) is 0 Å². The molecule has 2 aromatic rings. The maximum Gasteiger partial charge on any atom is 0.169 e. The molecule has 0 aliphatic heterocycles. The molecule has 0 aromatic heterocycles. The van der Waals surface area contributed by atoms with Crippen molar-refractivity contribution in [2.24, 2.45) is 17.8 Å². The zero-order chi connectivity index (χ0) is 24.1. The van der Waals surface area contributed by atoms with Crippen LogP contribution in [0.25, 0.3) is 10.8 Å². The molecular formula is C31H41F3. The molecule has 0 saturated heterocycles. The van der Waals surface area contributed by atoms with Crippen molar-refractivity contribution >= 4 is 10.8 Å². The first-order valence-electron chi connectivity index (χ1n) is 13.7. The monoisotopic (exact) mass is 470 g/mol. The summed E-state index contributed by atoms with van der Waals surface area (Å²) < 4.78 is 45.3. The van der Waals surface area contributed by atoms with E-state index >= 15 is 8.78 Å². The Morgan fingerprint density at radius 1 is 0.882 bits per heavy atom. The van der Waals surface area contributed by atoms with Crippen molar-refractivity contribution < 1.29 is 13.2 Å². The normalized spacial score (nSPS) is 25.2. The van der Waals surface area contributed by atoms with E-state index in [1.54, 1.807) is 12.1 Å². The summed E-state index contributed by atoms with van der Waals surface area (Å²) in [7, 11) is 0. The molecule has 0 spiro atoms. The van der Waals surface area contributed by atoms with Crippen LogP contribution in [0.3, 0.4) is 0 Å². The van der Waals surface area contributed by atoms with Gasteiger partial charge in [0.05, 0.1) is 5.39 Å². The fourth-order valence-corrected chi connectivity index (χ4v) is 6.75. The second-order valence-electron chi connectivity index (χ2n) is 10.9. The minimum Gasteiger partial charge on any atom is -0.206 e. The highest BCUT2D eigenvalue weighted by Crippen LogP contribution is 2.49. The van der Waals surface area contributed by atoms with E-state index in [2.05, 4.69) is 6.92 Å². The van der Waals surface area contributed by atoms with Gasteiger partial charge in [0.1, 0.15) is 5.82 Å². The van der Waals surface area contributed by atoms with Gasteiger partial charge >= 0.3 is 0 Å². The number of rotatable bonds is 9. The lowest BCUT2D eigenvalue weighted by atomic mass is 9.63. The van der Waals surface area contributed by atoms with Gasteiger partial charge in [-0.05, 0) is 98.1 Å². The molecule has 0 amide bonds. The van der Waals surface area contributed by atoms with Gasteiger partial charge in [0.2, 0.25) is 0 Å². The number of aryl methyl sites for hydroxylation is 1. The number of hydrogen-bond acceptors (Lipinski definition) is 0. The van der Waals surface area contributed by atoms with Crippen LogP contribution >= 0.6 is 0 Å². The van der Waals surface area contributed by atoms with E-state index in [-0.39, 0.29) is 11.3 Å². The molecule has 0 nitrogen and oxygen atoms in total. The van der Waals surface area contributed by atoms with Gasteiger partial charge in [0.15, 0.2) is 11.6 Å². The zero-order valence-electron chi connectivity index (χ0n) is 21.0. The van der Waals surface area contributed by atoms with E-state index in [9.17, 15) is 4.39 Å². The Hall–Kier alpha value is -1.77. The van der Waals surface area contributed by atoms with E-state index < -0.39 is 17.5 Å². The van der Waals surface area contributed by atoms with Crippen LogP contribution in [-0.2, 0) is 6.42 Å². The predicted molar refractivity (Wildman–Crippen MR) is 137 cm³/mol. The zero-order valence-corrected chi connectivity index (χ0v) is 21.0. The van der Waals surface area contributed by atoms with Gasteiger partial charge in [-0.15, -0.1) is 0 Å². The average molecular weight is 471 g/mol. The minimum absolute atomic E-state index is 0.114. The van der Waals surface area contributed by atoms with Crippen LogP contribution in [0.2, 0.25) is 0 Å². The second-order valence-corrected chi connectivity index (χ2v) is 10.9. The summed E-state index contributed by atoms with van der Waals surface area (Å²) in [6, 6.07) is 5.27. The lowest BCUT2D eigenvalue weighted by Crippen LogP contribution is -2.30. The van der Waals surface area contributed by atoms with E-state index in [0.29, 0.717) is 35.3 Å². The Balaban J connectivity index is 1.46. The van der Waals surface area contributed by atoms with Crippen LogP contribution in [-0.4, -0.2) is 0 Å². The molecule has 2 fully saturated rings. The van der Waals surface area contributed by atoms with Crippen molar-refractivity contribution in [2.75, 3.05) is 0 Å². The number of allylic oxidation sites excluding steroid dienone is 2. The van der Waals surface area contributed by atoms with Crippen molar-refractivity contribution in [1.29, 1.82) is 0 Å². The summed E-state index contributed by atoms with van der Waals surface area (Å²) in [5.41, 5.74) is 0.912. The molecule has 0 heterocycles. The average Bonchev–Trinajstić information content (AvgIpc) is 2.84. The van der Waals surface area contributed by atoms with Gasteiger partial charge in [-0.1, -0.05) is 69.7 Å². The first kappa shape index (κ1) is 25.3. The molecule has 2 aliphatic rings. The third-order valence-corrected chi connectivity index (χ3v) is 8.67. The summed E-state index contributed by atoms with van der Waals surface area (Å²) in [5, 5.41) is 0.301. The first-order valence-corrected chi connectivity index (χ1v) is 13.7. The highest BCUT2D eigenvalue weighted by atomic mass is 19.2. The Morgan fingerprint density at radius 2 is 1.68 bits per heavy atom. The van der Waals surface area contributed by atoms with Crippen molar-refractivity contribution in [3.05, 3.63) is 58.9 Å². The van der Waals surface area contributed by atoms with E-state index in [1.807, 2.05) is 25.1 Å². The largest absolute Gasteiger partial charge is 0.206 e. The third kappa shape index (κ3) is 5.55. The predicted octanol–water partition coefficient (Wildman–Crippen LogP) is 10.0. The maximum absolute atomic E-state index is 15.6. The van der Waals surface area contributed by atoms with Gasteiger partial charge in [0.25, 0.3) is 0 Å². The first-order chi connectivity index (χ1) is 16.5. The molecule has 0 bridgehead atoms. The van der Waals surface area contributed by atoms with E-state index in [0.717, 1.165) is 31.1 Å². The van der Waals surface area contributed by atoms with Gasteiger partial charge in [-0.25, -0.2) is 13.2 Å². The Bertz CT molecular complexity index is 992. The van der Waals surface area contributed by atoms with Gasteiger partial charge in [0, 0.05) is 0 Å². The lowest BCUT2D eigenvalue weighted by molar-refractivity contribution is 0.112. The molecule has 4 rings (SSSR count). The second kappa shape index (κ2) is 11.8. The highest BCUT2D eigenvalue weighted by Gasteiger charge is 2.36. The van der Waals surface area contributed by atoms with Crippen LogP contribution < -0.4 is 0 Å². The summed E-state index contributed by atoms with van der Waals surface area (Å²) in [6.45, 7) is 4.17. The molecule has 186 valence electrons. The summed E-state index contributed by atoms with van der Waals surface area (Å²) in [5.74, 6) is -0.0646. The molecular weight excluding hydrogens is 429 g/mol. The molecule has 3 heteroatoms. The fourth-order valence-electron chi connectivity index (χ4n) is 6.75. The number of halogens is 3. The Kier molecular flexibility index (Phi) is 8.77. The van der Waals surface area contributed by atoms with Crippen molar-refractivity contribution in [2.45, 2.75) is 103 Å². The third-order valence-electron chi connectivity index (χ3n) is 8.67. The number of unbranched alkanes of at least 4 members (excludes halogenated alkanes) is 3. The minimum atomic E-state index is -1.02. The number of fused-ring (bicyclic) bond motifs is 2. The highest BCUT2D eigenvalue weighted by molar-refractivity contribution is 5.85. The Morgan fingerprint density at radius 3 is 2.47 bits per heavy atom. The molecule has 0 N–H and O–H groups in total. The molecule has 4 atom stereocenters. The summed E-state index contributed by atoms with van der Waals surface area (Å²) in [4.78, 5) is 0. The quantitative estimate of drug-likeness (QED) is 0.253. The molecule has 2 saturated carbocycles.